The third kappa shape index (κ3) is 5.58. The number of carbonyl (C=O) groups excluding carboxylic acids is 2. The Balaban J connectivity index is 2.12. The van der Waals surface area contributed by atoms with E-state index < -0.39 is 29.8 Å². The van der Waals surface area contributed by atoms with Crippen molar-refractivity contribution in [3.8, 4) is 5.75 Å². The van der Waals surface area contributed by atoms with E-state index >= 15 is 0 Å². The molecule has 1 aliphatic rings. The van der Waals surface area contributed by atoms with Crippen LogP contribution in [0.2, 0.25) is 0 Å². The van der Waals surface area contributed by atoms with E-state index in [0.29, 0.717) is 0 Å². The molecule has 1 aromatic rings. The number of amides is 1. The first-order chi connectivity index (χ1) is 12.2. The number of nitrogens with one attached hydrogen (secondary N) is 1. The summed E-state index contributed by atoms with van der Waals surface area (Å²) in [4.78, 5) is 22.7. The topological polar surface area (TPSA) is 89.3 Å². The summed E-state index contributed by atoms with van der Waals surface area (Å²) in [6.07, 6.45) is -3.12. The number of nitrogens with zero attached hydrogens (tertiary/aromatic N) is 2. The highest BCUT2D eigenvalue weighted by Crippen LogP contribution is 2.25. The van der Waals surface area contributed by atoms with Crippen LogP contribution in [0.3, 0.4) is 0 Å². The van der Waals surface area contributed by atoms with Crippen molar-refractivity contribution in [3.05, 3.63) is 40.6 Å². The molecule has 0 saturated carbocycles. The molecule has 0 radical (unpaired) electrons. The highest BCUT2D eigenvalue weighted by Gasteiger charge is 2.31. The Kier molecular flexibility index (Phi) is 5.97. The molecule has 1 fully saturated rings. The molecule has 0 spiro atoms. The summed E-state index contributed by atoms with van der Waals surface area (Å²) in [6.45, 7) is 0. The summed E-state index contributed by atoms with van der Waals surface area (Å²) in [6, 6.07) is 2.37. The maximum Gasteiger partial charge on any atom is 0.573 e. The number of hydrogen-bond donors (Lipinski definition) is 1. The fraction of sp³-hybridized carbons (Fsp3) is 0.143. The number of carbonyl (C=O) groups is 2. The van der Waals surface area contributed by atoms with Crippen molar-refractivity contribution in [2.24, 2.45) is 10.2 Å². The zero-order valence-corrected chi connectivity index (χ0v) is 13.7. The first-order valence-electron chi connectivity index (χ1n) is 6.63. The van der Waals surface area contributed by atoms with Crippen molar-refractivity contribution in [2.45, 2.75) is 6.36 Å². The second-order valence-electron chi connectivity index (χ2n) is 4.47. The van der Waals surface area contributed by atoms with Gasteiger partial charge in [-0.05, 0) is 30.0 Å². The van der Waals surface area contributed by atoms with Crippen LogP contribution in [0.15, 0.2) is 39.4 Å². The van der Waals surface area contributed by atoms with Crippen molar-refractivity contribution in [2.75, 3.05) is 7.11 Å². The van der Waals surface area contributed by atoms with Crippen LogP contribution in [0.5, 0.6) is 5.75 Å². The van der Waals surface area contributed by atoms with Crippen molar-refractivity contribution in [1.29, 1.82) is 0 Å². The van der Waals surface area contributed by atoms with Crippen LogP contribution < -0.4 is 10.1 Å². The molecule has 1 amide bonds. The van der Waals surface area contributed by atoms with Crippen LogP contribution in [0.1, 0.15) is 5.56 Å². The summed E-state index contributed by atoms with van der Waals surface area (Å²) in [5.41, 5.74) is -0.309. The van der Waals surface area contributed by atoms with Gasteiger partial charge in [0, 0.05) is 11.6 Å². The minimum Gasteiger partial charge on any atom is -0.466 e. The van der Waals surface area contributed by atoms with Crippen LogP contribution in [0, 0.1) is 5.82 Å². The van der Waals surface area contributed by atoms with Crippen LogP contribution in [-0.4, -0.2) is 36.7 Å². The Morgan fingerprint density at radius 2 is 2.08 bits per heavy atom. The third-order valence-electron chi connectivity index (χ3n) is 2.65. The van der Waals surface area contributed by atoms with Gasteiger partial charge in [0.2, 0.25) is 0 Å². The van der Waals surface area contributed by atoms with Gasteiger partial charge in [-0.1, -0.05) is 0 Å². The van der Waals surface area contributed by atoms with E-state index in [1.54, 1.807) is 0 Å². The molecule has 2 rings (SSSR count). The minimum absolute atomic E-state index is 0.00972. The predicted octanol–water partition coefficient (Wildman–Crippen LogP) is 2.33. The normalized spacial score (nSPS) is 17.8. The van der Waals surface area contributed by atoms with Crippen molar-refractivity contribution in [3.63, 3.8) is 0 Å². The molecule has 7 nitrogen and oxygen atoms in total. The maximum absolute atomic E-state index is 13.6. The van der Waals surface area contributed by atoms with Crippen LogP contribution in [-0.2, 0) is 14.3 Å². The first-order valence-corrected chi connectivity index (χ1v) is 7.45. The smallest absolute Gasteiger partial charge is 0.466 e. The summed E-state index contributed by atoms with van der Waals surface area (Å²) in [7, 11) is 1.14. The largest absolute Gasteiger partial charge is 0.573 e. The Labute approximate surface area is 147 Å². The SMILES string of the molecule is COC(=O)/C=C1/S/C(=N\N=Cc2cc(OC(F)(F)F)ccc2F)NC1=O. The van der Waals surface area contributed by atoms with Crippen LogP contribution in [0.25, 0.3) is 0 Å². The van der Waals surface area contributed by atoms with Gasteiger partial charge in [0.15, 0.2) is 5.17 Å². The predicted molar refractivity (Wildman–Crippen MR) is 83.9 cm³/mol. The quantitative estimate of drug-likeness (QED) is 0.280. The van der Waals surface area contributed by atoms with E-state index in [9.17, 15) is 27.2 Å². The number of alkyl halides is 3. The lowest BCUT2D eigenvalue weighted by atomic mass is 10.2. The molecule has 1 aromatic carbocycles. The number of benzene rings is 1. The molecule has 0 aliphatic carbocycles. The molecular weight excluding hydrogens is 382 g/mol. The third-order valence-corrected chi connectivity index (χ3v) is 3.55. The van der Waals surface area contributed by atoms with Crippen LogP contribution in [0.4, 0.5) is 17.6 Å². The fourth-order valence-electron chi connectivity index (χ4n) is 1.60. The summed E-state index contributed by atoms with van der Waals surface area (Å²) < 4.78 is 58.2. The average Bonchev–Trinajstić information content (AvgIpc) is 2.88. The molecule has 0 atom stereocenters. The van der Waals surface area contributed by atoms with Gasteiger partial charge in [0.25, 0.3) is 5.91 Å². The number of methoxy groups -OCH3 is 1. The van der Waals surface area contributed by atoms with Gasteiger partial charge in [-0.15, -0.1) is 18.3 Å². The summed E-state index contributed by atoms with van der Waals surface area (Å²) in [5.74, 6) is -2.82. The molecule has 138 valence electrons. The molecule has 1 aliphatic heterocycles. The first kappa shape index (κ1) is 19.4. The lowest BCUT2D eigenvalue weighted by Gasteiger charge is -2.09. The van der Waals surface area contributed by atoms with Crippen molar-refractivity contribution in [1.82, 2.24) is 5.32 Å². The van der Waals surface area contributed by atoms with Crippen LogP contribution >= 0.6 is 11.8 Å². The molecule has 0 unspecified atom stereocenters. The Hall–Kier alpha value is -2.89. The monoisotopic (exact) mass is 391 g/mol. The highest BCUT2D eigenvalue weighted by molar-refractivity contribution is 8.18. The molecule has 0 bridgehead atoms. The summed E-state index contributed by atoms with van der Waals surface area (Å²) in [5, 5.41) is 9.37. The molecule has 0 aromatic heterocycles. The van der Waals surface area contributed by atoms with E-state index in [4.69, 9.17) is 0 Å². The number of halogens is 4. The molecule has 26 heavy (non-hydrogen) atoms. The number of esters is 1. The van der Waals surface area contributed by atoms with Gasteiger partial charge in [-0.2, -0.15) is 5.10 Å². The van der Waals surface area contributed by atoms with Crippen molar-refractivity contribution >= 4 is 35.0 Å². The van der Waals surface area contributed by atoms with Gasteiger partial charge < -0.3 is 9.47 Å². The fourth-order valence-corrected chi connectivity index (χ4v) is 2.34. The molecule has 12 heteroatoms. The number of rotatable bonds is 4. The summed E-state index contributed by atoms with van der Waals surface area (Å²) >= 11 is 0.781. The van der Waals surface area contributed by atoms with Gasteiger partial charge in [-0.25, -0.2) is 9.18 Å². The number of amidine groups is 1. The number of hydrogen-bond acceptors (Lipinski definition) is 7. The average molecular weight is 391 g/mol. The zero-order valence-electron chi connectivity index (χ0n) is 12.8. The van der Waals surface area contributed by atoms with E-state index in [2.05, 4.69) is 25.0 Å². The molecule has 1 saturated heterocycles. The highest BCUT2D eigenvalue weighted by atomic mass is 32.2. The standard InChI is InChI=1S/C14H9F4N3O4S/c1-24-11(22)5-10-12(23)20-13(26-10)21-19-6-7-4-8(2-3-9(7)15)25-14(16,17)18/h2-6H,1H3,(H,20,21,23)/b10-5+,19-6?. The van der Waals surface area contributed by atoms with Gasteiger partial charge >= 0.3 is 12.3 Å². The van der Waals surface area contributed by atoms with E-state index in [-0.39, 0.29) is 15.6 Å². The maximum atomic E-state index is 13.6. The Bertz CT molecular complexity index is 821. The van der Waals surface area contributed by atoms with Gasteiger partial charge in [0.1, 0.15) is 11.6 Å². The second kappa shape index (κ2) is 7.99. The van der Waals surface area contributed by atoms with Gasteiger partial charge in [0.05, 0.1) is 18.2 Å². The minimum atomic E-state index is -4.92. The zero-order chi connectivity index (χ0) is 19.3. The second-order valence-corrected chi connectivity index (χ2v) is 5.50. The number of thioether (sulfide) groups is 1. The Morgan fingerprint density at radius 1 is 1.35 bits per heavy atom. The molecule has 1 N–H and O–H groups in total. The number of ether oxygens (including phenoxy) is 2. The lowest BCUT2D eigenvalue weighted by molar-refractivity contribution is -0.274. The van der Waals surface area contributed by atoms with Gasteiger partial charge in [-0.3, -0.25) is 10.1 Å². The molecular formula is C14H9F4N3O4S. The van der Waals surface area contributed by atoms with E-state index in [0.717, 1.165) is 49.4 Å². The lowest BCUT2D eigenvalue weighted by Crippen LogP contribution is -2.19. The van der Waals surface area contributed by atoms with Crippen molar-refractivity contribution < 1.29 is 36.6 Å². The Morgan fingerprint density at radius 3 is 2.73 bits per heavy atom. The van der Waals surface area contributed by atoms with E-state index in [1.165, 1.54) is 0 Å². The van der Waals surface area contributed by atoms with E-state index in [1.807, 2.05) is 0 Å². The molecule has 1 heterocycles.